The summed E-state index contributed by atoms with van der Waals surface area (Å²) < 4.78 is 1.06. The number of likely N-dealkylation sites (tertiary alicyclic amines) is 1. The number of rotatable bonds is 2. The Hall–Kier alpha value is -1.03. The third-order valence-electron chi connectivity index (χ3n) is 3.51. The van der Waals surface area contributed by atoms with E-state index in [1.807, 2.05) is 29.0 Å². The van der Waals surface area contributed by atoms with Gasteiger partial charge in [0.2, 0.25) is 0 Å². The minimum atomic E-state index is 0.155. The second-order valence-electron chi connectivity index (χ2n) is 5.17. The average molecular weight is 325 g/mol. The van der Waals surface area contributed by atoms with E-state index in [-0.39, 0.29) is 6.03 Å². The van der Waals surface area contributed by atoms with E-state index >= 15 is 0 Å². The molecule has 0 aliphatic carbocycles. The first-order valence-corrected chi connectivity index (χ1v) is 7.70. The molecule has 1 heterocycles. The number of carbonyl (C=O) groups is 1. The zero-order chi connectivity index (χ0) is 13.7. The van der Waals surface area contributed by atoms with E-state index in [4.69, 9.17) is 0 Å². The topological polar surface area (TPSA) is 23.6 Å². The third-order valence-corrected chi connectivity index (χ3v) is 4.01. The summed E-state index contributed by atoms with van der Waals surface area (Å²) in [5.41, 5.74) is 1.15. The van der Waals surface area contributed by atoms with Crippen molar-refractivity contribution in [1.29, 1.82) is 0 Å². The van der Waals surface area contributed by atoms with E-state index < -0.39 is 0 Å². The molecule has 1 saturated heterocycles. The highest BCUT2D eigenvalue weighted by Gasteiger charge is 2.19. The van der Waals surface area contributed by atoms with Gasteiger partial charge >= 0.3 is 6.03 Å². The minimum Gasteiger partial charge on any atom is -0.325 e. The monoisotopic (exact) mass is 324 g/mol. The lowest BCUT2D eigenvalue weighted by Crippen LogP contribution is -2.41. The maximum Gasteiger partial charge on any atom is 0.320 e. The first kappa shape index (κ1) is 14.4. The molecular formula is C15H21BrN2O. The van der Waals surface area contributed by atoms with Gasteiger partial charge in [-0.2, -0.15) is 0 Å². The highest BCUT2D eigenvalue weighted by molar-refractivity contribution is 9.10. The van der Waals surface area contributed by atoms with E-state index in [9.17, 15) is 4.79 Å². The molecule has 1 aromatic carbocycles. The van der Waals surface area contributed by atoms with Crippen molar-refractivity contribution in [2.24, 2.45) is 0 Å². The smallest absolute Gasteiger partial charge is 0.320 e. The van der Waals surface area contributed by atoms with Crippen LogP contribution in [0.25, 0.3) is 0 Å². The fraction of sp³-hybridized carbons (Fsp3) is 0.533. The Labute approximate surface area is 123 Å². The summed E-state index contributed by atoms with van der Waals surface area (Å²) >= 11 is 3.46. The number of halogens is 1. The molecule has 0 saturated carbocycles. The molecule has 2 amide bonds. The van der Waals surface area contributed by atoms with Gasteiger partial charge in [-0.15, -0.1) is 0 Å². The zero-order valence-corrected chi connectivity index (χ0v) is 13.0. The number of hydrogen-bond donors (Lipinski definition) is 0. The number of nitrogens with zero attached hydrogens (tertiary/aromatic N) is 2. The molecule has 1 aliphatic heterocycles. The molecule has 104 valence electrons. The van der Waals surface area contributed by atoms with Crippen LogP contribution in [0.15, 0.2) is 28.7 Å². The van der Waals surface area contributed by atoms with Crippen LogP contribution in [0, 0.1) is 0 Å². The van der Waals surface area contributed by atoms with Gasteiger partial charge in [-0.25, -0.2) is 4.79 Å². The van der Waals surface area contributed by atoms with E-state index in [2.05, 4.69) is 28.1 Å². The Balaban J connectivity index is 1.94. The second kappa shape index (κ2) is 6.94. The van der Waals surface area contributed by atoms with Crippen LogP contribution in [-0.4, -0.2) is 36.0 Å². The van der Waals surface area contributed by atoms with Crippen molar-refractivity contribution in [1.82, 2.24) is 9.80 Å². The molecule has 0 N–H and O–H groups in total. The van der Waals surface area contributed by atoms with Crippen LogP contribution in [-0.2, 0) is 6.54 Å². The first-order valence-electron chi connectivity index (χ1n) is 6.91. The Morgan fingerprint density at radius 3 is 2.58 bits per heavy atom. The van der Waals surface area contributed by atoms with Crippen molar-refractivity contribution in [3.05, 3.63) is 34.3 Å². The van der Waals surface area contributed by atoms with Gasteiger partial charge in [0.25, 0.3) is 0 Å². The maximum absolute atomic E-state index is 12.4. The van der Waals surface area contributed by atoms with Gasteiger partial charge in [-0.3, -0.25) is 0 Å². The summed E-state index contributed by atoms with van der Waals surface area (Å²) in [7, 11) is 1.88. The van der Waals surface area contributed by atoms with E-state index in [0.717, 1.165) is 36.0 Å². The summed E-state index contributed by atoms with van der Waals surface area (Å²) in [6.07, 6.45) is 4.77. The third kappa shape index (κ3) is 4.23. The summed E-state index contributed by atoms with van der Waals surface area (Å²) in [5.74, 6) is 0. The van der Waals surface area contributed by atoms with Gasteiger partial charge < -0.3 is 9.80 Å². The van der Waals surface area contributed by atoms with Crippen molar-refractivity contribution in [3.63, 3.8) is 0 Å². The average Bonchev–Trinajstić information content (AvgIpc) is 2.66. The normalized spacial score (nSPS) is 16.0. The number of urea groups is 1. The summed E-state index contributed by atoms with van der Waals surface area (Å²) in [5, 5.41) is 0. The molecule has 1 aromatic rings. The van der Waals surface area contributed by atoms with Gasteiger partial charge in [0.1, 0.15) is 0 Å². The Kier molecular flexibility index (Phi) is 5.25. The van der Waals surface area contributed by atoms with Crippen LogP contribution in [0.1, 0.15) is 31.2 Å². The fourth-order valence-corrected chi connectivity index (χ4v) is 2.93. The van der Waals surface area contributed by atoms with Gasteiger partial charge in [0.15, 0.2) is 0 Å². The van der Waals surface area contributed by atoms with Crippen LogP contribution in [0.5, 0.6) is 0 Å². The number of hydrogen-bond acceptors (Lipinski definition) is 1. The molecule has 19 heavy (non-hydrogen) atoms. The van der Waals surface area contributed by atoms with E-state index in [1.54, 1.807) is 0 Å². The molecule has 0 bridgehead atoms. The van der Waals surface area contributed by atoms with Crippen LogP contribution in [0.3, 0.4) is 0 Å². The molecule has 0 spiro atoms. The Bertz CT molecular complexity index is 428. The molecule has 0 atom stereocenters. The van der Waals surface area contributed by atoms with Crippen molar-refractivity contribution < 1.29 is 4.79 Å². The predicted molar refractivity (Wildman–Crippen MR) is 81.0 cm³/mol. The second-order valence-corrected chi connectivity index (χ2v) is 6.09. The Morgan fingerprint density at radius 2 is 1.95 bits per heavy atom. The molecule has 2 rings (SSSR count). The summed E-state index contributed by atoms with van der Waals surface area (Å²) in [6.45, 7) is 2.47. The quantitative estimate of drug-likeness (QED) is 0.809. The van der Waals surface area contributed by atoms with Crippen molar-refractivity contribution in [2.75, 3.05) is 20.1 Å². The number of amides is 2. The lowest BCUT2D eigenvalue weighted by atomic mass is 10.2. The van der Waals surface area contributed by atoms with E-state index in [1.165, 1.54) is 12.8 Å². The minimum absolute atomic E-state index is 0.155. The summed E-state index contributed by atoms with van der Waals surface area (Å²) in [4.78, 5) is 16.2. The molecule has 0 aromatic heterocycles. The van der Waals surface area contributed by atoms with Crippen molar-refractivity contribution in [2.45, 2.75) is 32.2 Å². The SMILES string of the molecule is CN(Cc1cccc(Br)c1)C(=O)N1CCCCCC1. The van der Waals surface area contributed by atoms with Gasteiger partial charge in [0, 0.05) is 31.2 Å². The largest absolute Gasteiger partial charge is 0.325 e. The molecule has 1 aliphatic rings. The zero-order valence-electron chi connectivity index (χ0n) is 11.4. The Morgan fingerprint density at radius 1 is 1.26 bits per heavy atom. The van der Waals surface area contributed by atoms with Crippen LogP contribution in [0.4, 0.5) is 4.79 Å². The summed E-state index contributed by atoms with van der Waals surface area (Å²) in [6, 6.07) is 8.27. The molecule has 0 radical (unpaired) electrons. The lowest BCUT2D eigenvalue weighted by molar-refractivity contribution is 0.162. The maximum atomic E-state index is 12.4. The van der Waals surface area contributed by atoms with Crippen LogP contribution >= 0.6 is 15.9 Å². The lowest BCUT2D eigenvalue weighted by Gasteiger charge is -2.27. The standard InChI is InChI=1S/C15H21BrN2O/c1-17(12-13-7-6-8-14(16)11-13)15(19)18-9-4-2-3-5-10-18/h6-8,11H,2-5,9-10,12H2,1H3. The van der Waals surface area contributed by atoms with Gasteiger partial charge in [-0.05, 0) is 30.5 Å². The molecular weight excluding hydrogens is 304 g/mol. The first-order chi connectivity index (χ1) is 9.16. The number of carbonyl (C=O) groups excluding carboxylic acids is 1. The van der Waals surface area contributed by atoms with Crippen molar-refractivity contribution in [3.8, 4) is 0 Å². The molecule has 1 fully saturated rings. The highest BCUT2D eigenvalue weighted by atomic mass is 79.9. The highest BCUT2D eigenvalue weighted by Crippen LogP contribution is 2.15. The van der Waals surface area contributed by atoms with Gasteiger partial charge in [0.05, 0.1) is 0 Å². The molecule has 3 nitrogen and oxygen atoms in total. The number of benzene rings is 1. The van der Waals surface area contributed by atoms with Crippen molar-refractivity contribution >= 4 is 22.0 Å². The fourth-order valence-electron chi connectivity index (χ4n) is 2.48. The van der Waals surface area contributed by atoms with Crippen LogP contribution < -0.4 is 0 Å². The molecule has 0 unspecified atom stereocenters. The predicted octanol–water partition coefficient (Wildman–Crippen LogP) is 3.88. The molecule has 4 heteroatoms. The van der Waals surface area contributed by atoms with Gasteiger partial charge in [-0.1, -0.05) is 40.9 Å². The van der Waals surface area contributed by atoms with E-state index in [0.29, 0.717) is 6.54 Å². The van der Waals surface area contributed by atoms with Crippen LogP contribution in [0.2, 0.25) is 0 Å².